The largest absolute Gasteiger partial charge is 0.385 e. The summed E-state index contributed by atoms with van der Waals surface area (Å²) in [7, 11) is -2.07. The molecule has 8 nitrogen and oxygen atoms in total. The van der Waals surface area contributed by atoms with E-state index in [4.69, 9.17) is 4.74 Å². The van der Waals surface area contributed by atoms with Gasteiger partial charge in [0.25, 0.3) is 15.9 Å². The number of benzene rings is 2. The van der Waals surface area contributed by atoms with Gasteiger partial charge in [0.15, 0.2) is 0 Å². The molecule has 1 saturated heterocycles. The van der Waals surface area contributed by atoms with Gasteiger partial charge < -0.3 is 15.0 Å². The molecule has 178 valence electrons. The summed E-state index contributed by atoms with van der Waals surface area (Å²) >= 11 is 0. The van der Waals surface area contributed by atoms with E-state index >= 15 is 0 Å². The highest BCUT2D eigenvalue weighted by Gasteiger charge is 2.27. The molecule has 2 amide bonds. The molecule has 2 N–H and O–H groups in total. The van der Waals surface area contributed by atoms with Crippen LogP contribution in [0, 0.1) is 12.8 Å². The van der Waals surface area contributed by atoms with Crippen molar-refractivity contribution in [1.29, 1.82) is 0 Å². The summed E-state index contributed by atoms with van der Waals surface area (Å²) in [6, 6.07) is 13.0. The molecule has 1 heterocycles. The Kier molecular flexibility index (Phi) is 8.46. The van der Waals surface area contributed by atoms with Gasteiger partial charge in [-0.05, 0) is 62.6 Å². The van der Waals surface area contributed by atoms with Crippen LogP contribution in [0.1, 0.15) is 35.2 Å². The number of rotatable bonds is 9. The van der Waals surface area contributed by atoms with E-state index in [1.807, 2.05) is 6.92 Å². The predicted molar refractivity (Wildman–Crippen MR) is 127 cm³/mol. The minimum absolute atomic E-state index is 0.0309. The molecule has 3 rings (SSSR count). The van der Waals surface area contributed by atoms with Crippen LogP contribution in [0.3, 0.4) is 0 Å². The molecular weight excluding hydrogens is 442 g/mol. The van der Waals surface area contributed by atoms with Crippen molar-refractivity contribution in [3.8, 4) is 0 Å². The first-order valence-electron chi connectivity index (χ1n) is 11.1. The third-order valence-electron chi connectivity index (χ3n) is 5.69. The van der Waals surface area contributed by atoms with Gasteiger partial charge in [0.05, 0.1) is 4.90 Å². The number of likely N-dealkylation sites (tertiary alicyclic amines) is 1. The smallest absolute Gasteiger partial charge is 0.261 e. The average Bonchev–Trinajstić information content (AvgIpc) is 2.82. The summed E-state index contributed by atoms with van der Waals surface area (Å²) in [4.78, 5) is 27.0. The molecule has 1 fully saturated rings. The summed E-state index contributed by atoms with van der Waals surface area (Å²) in [6.45, 7) is 4.11. The van der Waals surface area contributed by atoms with Crippen LogP contribution in [-0.2, 0) is 19.6 Å². The van der Waals surface area contributed by atoms with Crippen LogP contribution < -0.4 is 10.0 Å². The van der Waals surface area contributed by atoms with Gasteiger partial charge in [0, 0.05) is 50.5 Å². The second-order valence-corrected chi connectivity index (χ2v) is 9.88. The van der Waals surface area contributed by atoms with Crippen molar-refractivity contribution in [2.45, 2.75) is 31.1 Å². The van der Waals surface area contributed by atoms with Gasteiger partial charge in [0.1, 0.15) is 0 Å². The number of aryl methyl sites for hydroxylation is 1. The number of hydrogen-bond acceptors (Lipinski definition) is 5. The maximum atomic E-state index is 12.8. The summed E-state index contributed by atoms with van der Waals surface area (Å²) in [6.07, 6.45) is 2.02. The summed E-state index contributed by atoms with van der Waals surface area (Å²) in [5, 5.41) is 2.92. The Balaban J connectivity index is 1.52. The molecule has 0 atom stereocenters. The number of ether oxygens (including phenoxy) is 1. The number of anilines is 1. The Morgan fingerprint density at radius 3 is 2.27 bits per heavy atom. The van der Waals surface area contributed by atoms with Crippen LogP contribution >= 0.6 is 0 Å². The van der Waals surface area contributed by atoms with Crippen LogP contribution in [0.15, 0.2) is 53.4 Å². The van der Waals surface area contributed by atoms with Gasteiger partial charge in [-0.25, -0.2) is 8.42 Å². The highest BCUT2D eigenvalue weighted by atomic mass is 32.2. The molecule has 0 saturated carbocycles. The Morgan fingerprint density at radius 2 is 1.67 bits per heavy atom. The number of amides is 2. The van der Waals surface area contributed by atoms with Crippen molar-refractivity contribution in [2.24, 2.45) is 5.92 Å². The topological polar surface area (TPSA) is 105 Å². The van der Waals surface area contributed by atoms with Crippen molar-refractivity contribution >= 4 is 27.5 Å². The molecule has 0 radical (unpaired) electrons. The minimum Gasteiger partial charge on any atom is -0.385 e. The molecule has 1 aliphatic heterocycles. The lowest BCUT2D eigenvalue weighted by Gasteiger charge is -2.31. The zero-order valence-electron chi connectivity index (χ0n) is 19.0. The maximum absolute atomic E-state index is 12.8. The van der Waals surface area contributed by atoms with Crippen LogP contribution in [0.25, 0.3) is 0 Å². The van der Waals surface area contributed by atoms with Crippen molar-refractivity contribution < 1.29 is 22.7 Å². The van der Waals surface area contributed by atoms with Crippen LogP contribution in [0.4, 0.5) is 5.69 Å². The fraction of sp³-hybridized carbons (Fsp3) is 0.417. The number of methoxy groups -OCH3 is 1. The molecule has 0 bridgehead atoms. The van der Waals surface area contributed by atoms with E-state index in [1.165, 1.54) is 0 Å². The number of hydrogen-bond donors (Lipinski definition) is 2. The van der Waals surface area contributed by atoms with Crippen LogP contribution in [0.5, 0.6) is 0 Å². The molecule has 0 aliphatic carbocycles. The molecule has 2 aromatic carbocycles. The number of carbonyl (C=O) groups excluding carboxylic acids is 2. The second-order valence-electron chi connectivity index (χ2n) is 8.20. The fourth-order valence-corrected chi connectivity index (χ4v) is 4.77. The second kappa shape index (κ2) is 11.3. The zero-order chi connectivity index (χ0) is 23.8. The monoisotopic (exact) mass is 473 g/mol. The Morgan fingerprint density at radius 1 is 1.03 bits per heavy atom. The van der Waals surface area contributed by atoms with Crippen molar-refractivity contribution in [1.82, 2.24) is 10.2 Å². The van der Waals surface area contributed by atoms with Crippen LogP contribution in [0.2, 0.25) is 0 Å². The van der Waals surface area contributed by atoms with E-state index in [9.17, 15) is 18.0 Å². The third-order valence-corrected chi connectivity index (χ3v) is 7.09. The summed E-state index contributed by atoms with van der Waals surface area (Å²) in [5.74, 6) is -0.180. The van der Waals surface area contributed by atoms with E-state index in [-0.39, 0.29) is 22.6 Å². The van der Waals surface area contributed by atoms with Crippen molar-refractivity contribution in [3.63, 3.8) is 0 Å². The van der Waals surface area contributed by atoms with Gasteiger partial charge in [0.2, 0.25) is 5.91 Å². The molecular formula is C24H31N3O5S. The molecule has 1 aliphatic rings. The first-order valence-corrected chi connectivity index (χ1v) is 12.5. The molecule has 0 aromatic heterocycles. The van der Waals surface area contributed by atoms with Gasteiger partial charge in [-0.3, -0.25) is 14.3 Å². The third kappa shape index (κ3) is 6.79. The number of sulfonamides is 1. The van der Waals surface area contributed by atoms with E-state index in [0.717, 1.165) is 12.0 Å². The van der Waals surface area contributed by atoms with E-state index in [2.05, 4.69) is 10.0 Å². The summed E-state index contributed by atoms with van der Waals surface area (Å²) < 4.78 is 32.6. The standard InChI is InChI=1S/C24H31N3O5S/c1-18-4-10-22(11-5-18)33(30,31)26-21-8-6-20(7-9-21)24(29)27-15-12-19(13-16-27)23(28)25-14-3-17-32-2/h4-11,19,26H,3,12-17H2,1-2H3,(H,25,28). The average molecular weight is 474 g/mol. The lowest BCUT2D eigenvalue weighted by molar-refractivity contribution is -0.126. The fourth-order valence-electron chi connectivity index (χ4n) is 3.71. The first kappa shape index (κ1) is 24.7. The molecule has 2 aromatic rings. The number of piperidine rings is 1. The van der Waals surface area contributed by atoms with Gasteiger partial charge in [-0.2, -0.15) is 0 Å². The summed E-state index contributed by atoms with van der Waals surface area (Å²) in [5.41, 5.74) is 1.84. The quantitative estimate of drug-likeness (QED) is 0.545. The number of carbonyl (C=O) groups is 2. The molecule has 33 heavy (non-hydrogen) atoms. The Bertz CT molecular complexity index is 1040. The van der Waals surface area contributed by atoms with Gasteiger partial charge >= 0.3 is 0 Å². The predicted octanol–water partition coefficient (Wildman–Crippen LogP) is 2.80. The highest BCUT2D eigenvalue weighted by Crippen LogP contribution is 2.21. The van der Waals surface area contributed by atoms with Gasteiger partial charge in [-0.1, -0.05) is 17.7 Å². The minimum atomic E-state index is -3.70. The number of nitrogens with one attached hydrogen (secondary N) is 2. The zero-order valence-corrected chi connectivity index (χ0v) is 19.9. The Hall–Kier alpha value is -2.91. The number of nitrogens with zero attached hydrogens (tertiary/aromatic N) is 1. The first-order chi connectivity index (χ1) is 15.8. The van der Waals surface area contributed by atoms with E-state index in [0.29, 0.717) is 50.3 Å². The Labute approximate surface area is 195 Å². The lowest BCUT2D eigenvalue weighted by atomic mass is 9.95. The normalized spacial score (nSPS) is 14.7. The van der Waals surface area contributed by atoms with Crippen molar-refractivity contribution in [3.05, 3.63) is 59.7 Å². The molecule has 0 unspecified atom stereocenters. The molecule has 9 heteroatoms. The maximum Gasteiger partial charge on any atom is 0.261 e. The SMILES string of the molecule is COCCCNC(=O)C1CCN(C(=O)c2ccc(NS(=O)(=O)c3ccc(C)cc3)cc2)CC1. The van der Waals surface area contributed by atoms with Crippen molar-refractivity contribution in [2.75, 3.05) is 38.1 Å². The molecule has 0 spiro atoms. The highest BCUT2D eigenvalue weighted by molar-refractivity contribution is 7.92. The van der Waals surface area contributed by atoms with Gasteiger partial charge in [-0.15, -0.1) is 0 Å². The van der Waals surface area contributed by atoms with Crippen LogP contribution in [-0.4, -0.2) is 58.5 Å². The van der Waals surface area contributed by atoms with E-state index in [1.54, 1.807) is 60.5 Å². The van der Waals surface area contributed by atoms with E-state index < -0.39 is 10.0 Å². The lowest BCUT2D eigenvalue weighted by Crippen LogP contribution is -2.43.